The van der Waals surface area contributed by atoms with Gasteiger partial charge >= 0.3 is 0 Å². The number of hydrogen-bond donors (Lipinski definition) is 2. The molecule has 0 amide bonds. The maximum absolute atomic E-state index is 11.9. The monoisotopic (exact) mass is 288 g/mol. The lowest BCUT2D eigenvalue weighted by Gasteiger charge is -2.14. The SMILES string of the molecule is C/C=C\C(=O)/C(=C\C)N/C(C)=C(/C=C\C)N/C(C=O)=C/C. The van der Waals surface area contributed by atoms with E-state index in [1.807, 2.05) is 26.0 Å². The summed E-state index contributed by atoms with van der Waals surface area (Å²) < 4.78 is 0. The highest BCUT2D eigenvalue weighted by atomic mass is 16.1. The van der Waals surface area contributed by atoms with Crippen molar-refractivity contribution >= 4 is 12.1 Å². The van der Waals surface area contributed by atoms with Crippen LogP contribution in [-0.2, 0) is 9.59 Å². The Bertz CT molecular complexity index is 521. The largest absolute Gasteiger partial charge is 0.355 e. The summed E-state index contributed by atoms with van der Waals surface area (Å²) in [6.45, 7) is 9.09. The summed E-state index contributed by atoms with van der Waals surface area (Å²) in [6.07, 6.45) is 11.0. The molecule has 0 aromatic heterocycles. The Morgan fingerprint density at radius 2 is 1.52 bits per heavy atom. The van der Waals surface area contributed by atoms with E-state index in [9.17, 15) is 9.59 Å². The van der Waals surface area contributed by atoms with Crippen LogP contribution in [0, 0.1) is 0 Å². The summed E-state index contributed by atoms with van der Waals surface area (Å²) >= 11 is 0. The molecule has 0 bridgehead atoms. The number of ketones is 1. The molecule has 4 heteroatoms. The van der Waals surface area contributed by atoms with Crippen LogP contribution in [0.2, 0.25) is 0 Å². The zero-order chi connectivity index (χ0) is 16.3. The van der Waals surface area contributed by atoms with E-state index in [0.717, 1.165) is 17.7 Å². The van der Waals surface area contributed by atoms with Gasteiger partial charge < -0.3 is 10.6 Å². The van der Waals surface area contributed by atoms with Crippen LogP contribution in [0.3, 0.4) is 0 Å². The molecule has 0 rings (SSSR count). The first-order valence-electron chi connectivity index (χ1n) is 6.86. The van der Waals surface area contributed by atoms with Crippen LogP contribution in [-0.4, -0.2) is 12.1 Å². The lowest BCUT2D eigenvalue weighted by Crippen LogP contribution is -2.23. The molecule has 0 aliphatic carbocycles. The predicted octanol–water partition coefficient (Wildman–Crippen LogP) is 3.12. The number of hydrogen-bond acceptors (Lipinski definition) is 4. The van der Waals surface area contributed by atoms with E-state index in [1.165, 1.54) is 6.08 Å². The number of carbonyl (C=O) groups is 2. The second-order valence-electron chi connectivity index (χ2n) is 4.22. The van der Waals surface area contributed by atoms with Crippen molar-refractivity contribution < 1.29 is 9.59 Å². The molecular weight excluding hydrogens is 264 g/mol. The molecule has 0 saturated carbocycles. The first-order chi connectivity index (χ1) is 10.0. The van der Waals surface area contributed by atoms with Gasteiger partial charge in [0.05, 0.1) is 17.1 Å². The van der Waals surface area contributed by atoms with Crippen molar-refractivity contribution in [2.24, 2.45) is 0 Å². The molecular formula is C17H24N2O2. The molecule has 0 atom stereocenters. The molecule has 21 heavy (non-hydrogen) atoms. The summed E-state index contributed by atoms with van der Waals surface area (Å²) in [4.78, 5) is 22.8. The Kier molecular flexibility index (Phi) is 9.26. The van der Waals surface area contributed by atoms with Gasteiger partial charge in [-0.1, -0.05) is 24.3 Å². The molecule has 4 nitrogen and oxygen atoms in total. The molecule has 0 heterocycles. The number of carbonyl (C=O) groups excluding carboxylic acids is 2. The van der Waals surface area contributed by atoms with Gasteiger partial charge in [-0.05, 0) is 46.8 Å². The summed E-state index contributed by atoms with van der Waals surface area (Å²) in [7, 11) is 0. The standard InChI is InChI=1S/C17H24N2O2/c1-6-10-16(19-14(8-3)12-20)13(5)18-15(9-4)17(21)11-7-2/h6-12,18-19H,1-5H3/b10-6-,11-7-,14-8+,15-9+,16-13-. The second-order valence-corrected chi connectivity index (χ2v) is 4.22. The molecule has 2 N–H and O–H groups in total. The van der Waals surface area contributed by atoms with Crippen LogP contribution in [0.4, 0.5) is 0 Å². The zero-order valence-electron chi connectivity index (χ0n) is 13.4. The van der Waals surface area contributed by atoms with Gasteiger partial charge in [-0.2, -0.15) is 0 Å². The van der Waals surface area contributed by atoms with Crippen LogP contribution in [0.25, 0.3) is 0 Å². The van der Waals surface area contributed by atoms with Gasteiger partial charge in [-0.15, -0.1) is 0 Å². The lowest BCUT2D eigenvalue weighted by molar-refractivity contribution is -0.111. The fourth-order valence-electron chi connectivity index (χ4n) is 1.54. The number of aldehydes is 1. The maximum Gasteiger partial charge on any atom is 0.201 e. The van der Waals surface area contributed by atoms with Gasteiger partial charge in [0.1, 0.15) is 0 Å². The predicted molar refractivity (Wildman–Crippen MR) is 87.2 cm³/mol. The highest BCUT2D eigenvalue weighted by Crippen LogP contribution is 2.06. The van der Waals surface area contributed by atoms with E-state index < -0.39 is 0 Å². The first kappa shape index (κ1) is 18.6. The second kappa shape index (κ2) is 10.4. The van der Waals surface area contributed by atoms with Gasteiger partial charge in [0, 0.05) is 5.70 Å². The Morgan fingerprint density at radius 1 is 0.905 bits per heavy atom. The van der Waals surface area contributed by atoms with Crippen molar-refractivity contribution in [2.75, 3.05) is 0 Å². The summed E-state index contributed by atoms with van der Waals surface area (Å²) in [5.41, 5.74) is 2.43. The van der Waals surface area contributed by atoms with Crippen LogP contribution in [0.15, 0.2) is 59.2 Å². The lowest BCUT2D eigenvalue weighted by atomic mass is 10.2. The van der Waals surface area contributed by atoms with Crippen LogP contribution < -0.4 is 10.6 Å². The Hall–Kier alpha value is -2.36. The Balaban J connectivity index is 5.37. The summed E-state index contributed by atoms with van der Waals surface area (Å²) in [6, 6.07) is 0. The van der Waals surface area contributed by atoms with Gasteiger partial charge in [-0.3, -0.25) is 9.59 Å². The molecule has 0 aromatic carbocycles. The van der Waals surface area contributed by atoms with Crippen molar-refractivity contribution in [2.45, 2.75) is 34.6 Å². The summed E-state index contributed by atoms with van der Waals surface area (Å²) in [5, 5.41) is 6.09. The van der Waals surface area contributed by atoms with Crippen molar-refractivity contribution in [3.8, 4) is 0 Å². The third-order valence-electron chi connectivity index (χ3n) is 2.65. The van der Waals surface area contributed by atoms with Gasteiger partial charge in [-0.25, -0.2) is 0 Å². The molecule has 0 saturated heterocycles. The van der Waals surface area contributed by atoms with E-state index in [4.69, 9.17) is 0 Å². The Labute approximate surface area is 127 Å². The van der Waals surface area contributed by atoms with Crippen molar-refractivity contribution in [1.29, 1.82) is 0 Å². The minimum absolute atomic E-state index is 0.0965. The average molecular weight is 288 g/mol. The summed E-state index contributed by atoms with van der Waals surface area (Å²) in [5.74, 6) is -0.0965. The van der Waals surface area contributed by atoms with E-state index >= 15 is 0 Å². The van der Waals surface area contributed by atoms with E-state index in [0.29, 0.717) is 11.4 Å². The fourth-order valence-corrected chi connectivity index (χ4v) is 1.54. The topological polar surface area (TPSA) is 58.2 Å². The average Bonchev–Trinajstić information content (AvgIpc) is 2.48. The van der Waals surface area contributed by atoms with E-state index in [2.05, 4.69) is 10.6 Å². The number of nitrogens with one attached hydrogen (secondary N) is 2. The first-order valence-corrected chi connectivity index (χ1v) is 6.86. The third kappa shape index (κ3) is 6.56. The zero-order valence-corrected chi connectivity index (χ0v) is 13.4. The smallest absolute Gasteiger partial charge is 0.201 e. The fraction of sp³-hybridized carbons (Fsp3) is 0.294. The minimum Gasteiger partial charge on any atom is -0.355 e. The molecule has 0 unspecified atom stereocenters. The number of rotatable bonds is 8. The van der Waals surface area contributed by atoms with Crippen LogP contribution >= 0.6 is 0 Å². The van der Waals surface area contributed by atoms with E-state index in [1.54, 1.807) is 39.0 Å². The van der Waals surface area contributed by atoms with Gasteiger partial charge in [0.15, 0.2) is 6.29 Å². The van der Waals surface area contributed by atoms with Gasteiger partial charge in [0.25, 0.3) is 0 Å². The van der Waals surface area contributed by atoms with E-state index in [-0.39, 0.29) is 5.78 Å². The highest BCUT2D eigenvalue weighted by molar-refractivity contribution is 6.03. The number of allylic oxidation sites excluding steroid dienone is 8. The molecule has 0 fully saturated rings. The molecule has 0 spiro atoms. The third-order valence-corrected chi connectivity index (χ3v) is 2.65. The molecule has 0 radical (unpaired) electrons. The molecule has 0 aliphatic rings. The maximum atomic E-state index is 11.9. The minimum atomic E-state index is -0.0965. The normalized spacial score (nSPS) is 14.3. The van der Waals surface area contributed by atoms with Gasteiger partial charge in [0.2, 0.25) is 5.78 Å². The molecule has 0 aliphatic heterocycles. The van der Waals surface area contributed by atoms with Crippen molar-refractivity contribution in [3.63, 3.8) is 0 Å². The van der Waals surface area contributed by atoms with Crippen LogP contribution in [0.1, 0.15) is 34.6 Å². The van der Waals surface area contributed by atoms with Crippen molar-refractivity contribution in [1.82, 2.24) is 10.6 Å². The van der Waals surface area contributed by atoms with Crippen LogP contribution in [0.5, 0.6) is 0 Å². The molecule has 0 aromatic rings. The quantitative estimate of drug-likeness (QED) is 0.409. The van der Waals surface area contributed by atoms with Crippen molar-refractivity contribution in [3.05, 3.63) is 59.2 Å². The highest BCUT2D eigenvalue weighted by Gasteiger charge is 2.07. The Morgan fingerprint density at radius 3 is 1.95 bits per heavy atom. The molecule has 114 valence electrons.